The first-order valence-electron chi connectivity index (χ1n) is 12.7. The van der Waals surface area contributed by atoms with Crippen molar-refractivity contribution in [3.8, 4) is 16.9 Å². The van der Waals surface area contributed by atoms with Crippen molar-refractivity contribution in [3.63, 3.8) is 0 Å². The summed E-state index contributed by atoms with van der Waals surface area (Å²) in [6.07, 6.45) is 13.3. The number of rotatable bonds is 9. The van der Waals surface area contributed by atoms with E-state index in [4.69, 9.17) is 4.74 Å². The Morgan fingerprint density at radius 3 is 2.36 bits per heavy atom. The average molecular weight is 451 g/mol. The fraction of sp³-hybridized carbons (Fsp3) is 0.467. The van der Waals surface area contributed by atoms with Crippen molar-refractivity contribution >= 4 is 10.8 Å². The second kappa shape index (κ2) is 11.1. The van der Waals surface area contributed by atoms with Crippen LogP contribution in [0.2, 0.25) is 0 Å². The summed E-state index contributed by atoms with van der Waals surface area (Å²) in [5.41, 5.74) is 2.26. The fourth-order valence-corrected chi connectivity index (χ4v) is 5.44. The van der Waals surface area contributed by atoms with E-state index >= 15 is 4.39 Å². The first kappa shape index (κ1) is 23.7. The topological polar surface area (TPSA) is 9.23 Å². The Morgan fingerprint density at radius 1 is 0.848 bits per heavy atom. The predicted molar refractivity (Wildman–Crippen MR) is 134 cm³/mol. The maximum atomic E-state index is 15.3. The van der Waals surface area contributed by atoms with Crippen LogP contribution < -0.4 is 4.74 Å². The van der Waals surface area contributed by atoms with Gasteiger partial charge in [-0.2, -0.15) is 0 Å². The third-order valence-electron chi connectivity index (χ3n) is 7.48. The Morgan fingerprint density at radius 2 is 1.64 bits per heavy atom. The number of ether oxygens (including phenoxy) is 1. The van der Waals surface area contributed by atoms with E-state index in [2.05, 4.69) is 19.1 Å². The van der Waals surface area contributed by atoms with Crippen molar-refractivity contribution in [2.24, 2.45) is 5.92 Å². The van der Waals surface area contributed by atoms with E-state index in [-0.39, 0.29) is 11.6 Å². The number of unbranched alkanes of at least 4 members (excludes halogenated alkanes) is 4. The van der Waals surface area contributed by atoms with E-state index in [9.17, 15) is 4.39 Å². The number of hydrogen-bond acceptors (Lipinski definition) is 1. The Kier molecular flexibility index (Phi) is 8.01. The summed E-state index contributed by atoms with van der Waals surface area (Å²) < 4.78 is 34.5. The summed E-state index contributed by atoms with van der Waals surface area (Å²) in [5, 5.41) is 1.51. The van der Waals surface area contributed by atoms with Gasteiger partial charge < -0.3 is 4.74 Å². The molecule has 0 bridgehead atoms. The first-order chi connectivity index (χ1) is 16.1. The van der Waals surface area contributed by atoms with E-state index in [0.717, 1.165) is 11.3 Å². The smallest absolute Gasteiger partial charge is 0.165 e. The normalized spacial score (nSPS) is 18.5. The molecule has 0 aliphatic heterocycles. The van der Waals surface area contributed by atoms with Gasteiger partial charge in [0.1, 0.15) is 5.82 Å². The summed E-state index contributed by atoms with van der Waals surface area (Å²) in [5.74, 6) is 0.838. The van der Waals surface area contributed by atoms with Gasteiger partial charge in [0.2, 0.25) is 0 Å². The van der Waals surface area contributed by atoms with Crippen molar-refractivity contribution in [2.75, 3.05) is 7.11 Å². The maximum Gasteiger partial charge on any atom is 0.165 e. The molecule has 1 saturated carbocycles. The molecule has 0 spiro atoms. The molecule has 3 heteroatoms. The molecule has 0 saturated heterocycles. The number of hydrogen-bond donors (Lipinski definition) is 0. The molecule has 1 nitrogen and oxygen atoms in total. The molecule has 3 aromatic carbocycles. The lowest BCUT2D eigenvalue weighted by Crippen LogP contribution is -2.13. The van der Waals surface area contributed by atoms with Gasteiger partial charge in [-0.15, -0.1) is 0 Å². The highest BCUT2D eigenvalue weighted by Gasteiger charge is 2.22. The predicted octanol–water partition coefficient (Wildman–Crippen LogP) is 9.43. The molecule has 0 aromatic heterocycles. The maximum absolute atomic E-state index is 15.3. The molecule has 0 unspecified atom stereocenters. The molecular formula is C30H36F2O. The van der Waals surface area contributed by atoms with E-state index in [0.29, 0.717) is 22.4 Å². The Labute approximate surface area is 197 Å². The quantitative estimate of drug-likeness (QED) is 0.295. The Hall–Kier alpha value is -2.42. The lowest BCUT2D eigenvalue weighted by atomic mass is 9.76. The Balaban J connectivity index is 1.43. The summed E-state index contributed by atoms with van der Waals surface area (Å²) in [6, 6.07) is 14.5. The molecule has 0 heterocycles. The third-order valence-corrected chi connectivity index (χ3v) is 7.48. The number of benzene rings is 3. The van der Waals surface area contributed by atoms with Gasteiger partial charge in [0.15, 0.2) is 11.6 Å². The van der Waals surface area contributed by atoms with Crippen molar-refractivity contribution < 1.29 is 13.5 Å². The molecule has 1 aliphatic carbocycles. The molecule has 1 fully saturated rings. The van der Waals surface area contributed by atoms with Crippen LogP contribution >= 0.6 is 0 Å². The summed E-state index contributed by atoms with van der Waals surface area (Å²) in [4.78, 5) is 0. The minimum atomic E-state index is -0.485. The molecule has 33 heavy (non-hydrogen) atoms. The highest BCUT2D eigenvalue weighted by atomic mass is 19.1. The zero-order valence-electron chi connectivity index (χ0n) is 20.0. The first-order valence-corrected chi connectivity index (χ1v) is 12.7. The second-order valence-electron chi connectivity index (χ2n) is 9.68. The number of methoxy groups -OCH3 is 1. The zero-order valence-corrected chi connectivity index (χ0v) is 20.0. The van der Waals surface area contributed by atoms with Gasteiger partial charge in [-0.3, -0.25) is 0 Å². The standard InChI is InChI=1S/C30H36F2O/c1-3-4-5-6-7-8-21-9-11-22(12-10-21)23-13-16-26-24(19-23)14-17-27(30(26)32)25-15-18-29(33-2)28(31)20-25/h13-22H,3-12H2,1-2H3/t21-,22-. The summed E-state index contributed by atoms with van der Waals surface area (Å²) in [6.45, 7) is 2.27. The van der Waals surface area contributed by atoms with E-state index in [1.807, 2.05) is 12.1 Å². The van der Waals surface area contributed by atoms with Crippen molar-refractivity contribution in [3.05, 3.63) is 65.7 Å². The average Bonchev–Trinajstić information content (AvgIpc) is 2.84. The highest BCUT2D eigenvalue weighted by molar-refractivity contribution is 5.89. The van der Waals surface area contributed by atoms with Crippen LogP contribution in [0.15, 0.2) is 48.5 Å². The Bertz CT molecular complexity index is 1070. The van der Waals surface area contributed by atoms with Crippen LogP contribution in [0.4, 0.5) is 8.78 Å². The van der Waals surface area contributed by atoms with E-state index in [1.54, 1.807) is 18.2 Å². The van der Waals surface area contributed by atoms with Gasteiger partial charge in [-0.1, -0.05) is 81.8 Å². The van der Waals surface area contributed by atoms with Crippen LogP contribution in [0.5, 0.6) is 5.75 Å². The third kappa shape index (κ3) is 5.57. The monoisotopic (exact) mass is 450 g/mol. The van der Waals surface area contributed by atoms with Crippen LogP contribution in [-0.4, -0.2) is 7.11 Å². The molecule has 0 amide bonds. The van der Waals surface area contributed by atoms with Crippen LogP contribution in [0.25, 0.3) is 21.9 Å². The summed E-state index contributed by atoms with van der Waals surface area (Å²) in [7, 11) is 1.42. The number of fused-ring (bicyclic) bond motifs is 1. The lowest BCUT2D eigenvalue weighted by Gasteiger charge is -2.29. The van der Waals surface area contributed by atoms with Gasteiger partial charge in [-0.25, -0.2) is 8.78 Å². The minimum absolute atomic E-state index is 0.163. The molecule has 176 valence electrons. The van der Waals surface area contributed by atoms with Crippen LogP contribution in [0.3, 0.4) is 0 Å². The molecule has 3 aromatic rings. The van der Waals surface area contributed by atoms with Gasteiger partial charge >= 0.3 is 0 Å². The van der Waals surface area contributed by atoms with Gasteiger partial charge in [0, 0.05) is 10.9 Å². The second-order valence-corrected chi connectivity index (χ2v) is 9.68. The van der Waals surface area contributed by atoms with Crippen molar-refractivity contribution in [1.82, 2.24) is 0 Å². The highest BCUT2D eigenvalue weighted by Crippen LogP contribution is 2.39. The van der Waals surface area contributed by atoms with Crippen molar-refractivity contribution in [2.45, 2.75) is 77.0 Å². The van der Waals surface area contributed by atoms with Crippen LogP contribution in [0.1, 0.15) is 82.6 Å². The lowest BCUT2D eigenvalue weighted by molar-refractivity contribution is 0.302. The minimum Gasteiger partial charge on any atom is -0.494 e. The molecule has 1 aliphatic rings. The van der Waals surface area contributed by atoms with E-state index in [1.165, 1.54) is 82.9 Å². The molecule has 0 N–H and O–H groups in total. The van der Waals surface area contributed by atoms with Gasteiger partial charge in [0.05, 0.1) is 7.11 Å². The fourth-order valence-electron chi connectivity index (χ4n) is 5.44. The molecule has 0 atom stereocenters. The van der Waals surface area contributed by atoms with Crippen LogP contribution in [0, 0.1) is 17.6 Å². The van der Waals surface area contributed by atoms with Gasteiger partial charge in [-0.05, 0) is 66.2 Å². The van der Waals surface area contributed by atoms with Gasteiger partial charge in [0.25, 0.3) is 0 Å². The summed E-state index contributed by atoms with van der Waals surface area (Å²) >= 11 is 0. The SMILES string of the molecule is CCCCCCC[C@H]1CC[C@H](c2ccc3c(F)c(-c4ccc(OC)c(F)c4)ccc3c2)CC1. The molecule has 4 rings (SSSR count). The van der Waals surface area contributed by atoms with Crippen LogP contribution in [-0.2, 0) is 0 Å². The largest absolute Gasteiger partial charge is 0.494 e. The number of halogens is 2. The van der Waals surface area contributed by atoms with Crippen molar-refractivity contribution in [1.29, 1.82) is 0 Å². The molecular weight excluding hydrogens is 414 g/mol. The zero-order chi connectivity index (χ0) is 23.2. The molecule has 0 radical (unpaired) electrons. The van der Waals surface area contributed by atoms with E-state index < -0.39 is 5.82 Å².